The average Bonchev–Trinajstić information content (AvgIpc) is 3.03. The zero-order chi connectivity index (χ0) is 22.2. The van der Waals surface area contributed by atoms with E-state index in [1.54, 1.807) is 30.3 Å². The SMILES string of the molecule is O=C1C[C@H](N2CCN(c3cccc(C(F)(F)F)c3)CC2)C(=O)N1Cc1ccc(Cl)cc1. The molecule has 0 bridgehead atoms. The van der Waals surface area contributed by atoms with Crippen molar-refractivity contribution in [1.29, 1.82) is 0 Å². The molecule has 0 spiro atoms. The highest BCUT2D eigenvalue weighted by Crippen LogP contribution is 2.32. The van der Waals surface area contributed by atoms with E-state index in [9.17, 15) is 22.8 Å². The topological polar surface area (TPSA) is 43.9 Å². The molecule has 9 heteroatoms. The number of benzene rings is 2. The van der Waals surface area contributed by atoms with E-state index in [2.05, 4.69) is 0 Å². The number of anilines is 1. The van der Waals surface area contributed by atoms with Crippen LogP contribution in [0.25, 0.3) is 0 Å². The van der Waals surface area contributed by atoms with Gasteiger partial charge in [0.05, 0.1) is 24.6 Å². The summed E-state index contributed by atoms with van der Waals surface area (Å²) in [6, 6.07) is 11.7. The Balaban J connectivity index is 1.38. The lowest BCUT2D eigenvalue weighted by atomic mass is 10.1. The smallest absolute Gasteiger partial charge is 0.369 e. The van der Waals surface area contributed by atoms with Crippen molar-refractivity contribution in [3.8, 4) is 0 Å². The van der Waals surface area contributed by atoms with Gasteiger partial charge in [0.15, 0.2) is 0 Å². The highest BCUT2D eigenvalue weighted by molar-refractivity contribution is 6.30. The number of rotatable bonds is 4. The number of alkyl halides is 3. The van der Waals surface area contributed by atoms with Crippen LogP contribution in [0.5, 0.6) is 0 Å². The largest absolute Gasteiger partial charge is 0.416 e. The van der Waals surface area contributed by atoms with Gasteiger partial charge in [0.2, 0.25) is 11.8 Å². The molecular weight excluding hydrogens is 431 g/mol. The number of hydrogen-bond acceptors (Lipinski definition) is 4. The Kier molecular flexibility index (Phi) is 5.94. The molecule has 0 aliphatic carbocycles. The summed E-state index contributed by atoms with van der Waals surface area (Å²) in [5, 5.41) is 0.583. The Morgan fingerprint density at radius 3 is 2.29 bits per heavy atom. The molecule has 5 nitrogen and oxygen atoms in total. The fourth-order valence-electron chi connectivity index (χ4n) is 4.06. The number of nitrogens with zero attached hydrogens (tertiary/aromatic N) is 3. The van der Waals surface area contributed by atoms with E-state index in [0.717, 1.165) is 17.7 Å². The first-order valence-electron chi connectivity index (χ1n) is 9.97. The Hall–Kier alpha value is -2.58. The third-order valence-corrected chi connectivity index (χ3v) is 6.02. The van der Waals surface area contributed by atoms with Crippen LogP contribution in [0.4, 0.5) is 18.9 Å². The predicted molar refractivity (Wildman–Crippen MR) is 111 cm³/mol. The second-order valence-electron chi connectivity index (χ2n) is 7.74. The van der Waals surface area contributed by atoms with Gasteiger partial charge in [-0.3, -0.25) is 19.4 Å². The van der Waals surface area contributed by atoms with Crippen LogP contribution in [-0.4, -0.2) is 53.8 Å². The second-order valence-corrected chi connectivity index (χ2v) is 8.17. The average molecular weight is 452 g/mol. The van der Waals surface area contributed by atoms with Crippen LogP contribution in [0.3, 0.4) is 0 Å². The van der Waals surface area contributed by atoms with Crippen molar-refractivity contribution >= 4 is 29.1 Å². The molecule has 2 aliphatic heterocycles. The van der Waals surface area contributed by atoms with E-state index in [4.69, 9.17) is 11.6 Å². The molecule has 2 heterocycles. The van der Waals surface area contributed by atoms with Gasteiger partial charge in [-0.2, -0.15) is 13.2 Å². The van der Waals surface area contributed by atoms with Gasteiger partial charge in [0.1, 0.15) is 0 Å². The molecule has 2 aliphatic rings. The van der Waals surface area contributed by atoms with Crippen molar-refractivity contribution in [2.24, 2.45) is 0 Å². The van der Waals surface area contributed by atoms with E-state index in [1.165, 1.54) is 11.0 Å². The summed E-state index contributed by atoms with van der Waals surface area (Å²) < 4.78 is 39.0. The van der Waals surface area contributed by atoms with Crippen molar-refractivity contribution in [3.05, 3.63) is 64.7 Å². The third-order valence-electron chi connectivity index (χ3n) is 5.77. The van der Waals surface area contributed by atoms with Gasteiger partial charge in [0.25, 0.3) is 0 Å². The minimum absolute atomic E-state index is 0.121. The number of amides is 2. The van der Waals surface area contributed by atoms with Gasteiger partial charge >= 0.3 is 6.18 Å². The van der Waals surface area contributed by atoms with Crippen molar-refractivity contribution < 1.29 is 22.8 Å². The van der Waals surface area contributed by atoms with Crippen molar-refractivity contribution in [3.63, 3.8) is 0 Å². The lowest BCUT2D eigenvalue weighted by Gasteiger charge is -2.38. The van der Waals surface area contributed by atoms with E-state index in [1.807, 2.05) is 9.80 Å². The lowest BCUT2D eigenvalue weighted by molar-refractivity contribution is -0.140. The lowest BCUT2D eigenvalue weighted by Crippen LogP contribution is -2.52. The number of carbonyl (C=O) groups is 2. The normalized spacial score (nSPS) is 20.6. The molecule has 0 aromatic heterocycles. The molecule has 1 atom stereocenters. The molecule has 2 fully saturated rings. The van der Waals surface area contributed by atoms with Crippen molar-refractivity contribution in [2.45, 2.75) is 25.2 Å². The molecular formula is C22H21ClF3N3O2. The van der Waals surface area contributed by atoms with Gasteiger partial charge in [0, 0.05) is 36.9 Å². The zero-order valence-corrected chi connectivity index (χ0v) is 17.4. The maximum Gasteiger partial charge on any atom is 0.416 e. The minimum Gasteiger partial charge on any atom is -0.369 e. The molecule has 2 aromatic carbocycles. The molecule has 164 valence electrons. The van der Waals surface area contributed by atoms with Crippen LogP contribution in [0.1, 0.15) is 17.5 Å². The number of likely N-dealkylation sites (tertiary alicyclic amines) is 1. The highest BCUT2D eigenvalue weighted by Gasteiger charge is 2.42. The first-order valence-corrected chi connectivity index (χ1v) is 10.3. The van der Waals surface area contributed by atoms with E-state index < -0.39 is 17.8 Å². The molecule has 2 saturated heterocycles. The Morgan fingerprint density at radius 1 is 0.968 bits per heavy atom. The van der Waals surface area contributed by atoms with Gasteiger partial charge in [-0.1, -0.05) is 29.8 Å². The standard InChI is InChI=1S/C22H21ClF3N3O2/c23-17-6-4-15(5-7-17)14-29-20(30)13-19(21(29)31)28-10-8-27(9-11-28)18-3-1-2-16(12-18)22(24,25)26/h1-7,12,19H,8-11,13-14H2/t19-/m0/s1. The van der Waals surface area contributed by atoms with Gasteiger partial charge in [-0.25, -0.2) is 0 Å². The molecule has 4 rings (SSSR count). The number of hydrogen-bond donors (Lipinski definition) is 0. The fraction of sp³-hybridized carbons (Fsp3) is 0.364. The van der Waals surface area contributed by atoms with E-state index >= 15 is 0 Å². The van der Waals surface area contributed by atoms with E-state index in [-0.39, 0.29) is 24.8 Å². The van der Waals surface area contributed by atoms with Crippen molar-refractivity contribution in [1.82, 2.24) is 9.80 Å². The van der Waals surface area contributed by atoms with Crippen LogP contribution >= 0.6 is 11.6 Å². The Morgan fingerprint density at radius 2 is 1.65 bits per heavy atom. The molecule has 2 aromatic rings. The number of carbonyl (C=O) groups excluding carboxylic acids is 2. The number of halogens is 4. The minimum atomic E-state index is -4.39. The van der Waals surface area contributed by atoms with Crippen LogP contribution in [-0.2, 0) is 22.3 Å². The van der Waals surface area contributed by atoms with E-state index in [0.29, 0.717) is 36.9 Å². The molecule has 0 saturated carbocycles. The molecule has 0 unspecified atom stereocenters. The summed E-state index contributed by atoms with van der Waals surface area (Å²) in [7, 11) is 0. The molecule has 0 N–H and O–H groups in total. The molecule has 31 heavy (non-hydrogen) atoms. The van der Waals surface area contributed by atoms with Gasteiger partial charge in [-0.15, -0.1) is 0 Å². The second kappa shape index (κ2) is 8.51. The Bertz CT molecular complexity index is 973. The first kappa shape index (κ1) is 21.6. The van der Waals surface area contributed by atoms with Gasteiger partial charge in [-0.05, 0) is 35.9 Å². The number of imide groups is 1. The summed E-state index contributed by atoms with van der Waals surface area (Å²) in [6.07, 6.45) is -4.27. The summed E-state index contributed by atoms with van der Waals surface area (Å²) in [6.45, 7) is 2.16. The Labute approximate surface area is 183 Å². The quantitative estimate of drug-likeness (QED) is 0.663. The summed E-state index contributed by atoms with van der Waals surface area (Å²) >= 11 is 5.88. The van der Waals surface area contributed by atoms with Crippen LogP contribution < -0.4 is 4.90 Å². The molecule has 2 amide bonds. The molecule has 0 radical (unpaired) electrons. The summed E-state index contributed by atoms with van der Waals surface area (Å²) in [5.74, 6) is -0.447. The maximum absolute atomic E-state index is 13.0. The van der Waals surface area contributed by atoms with Gasteiger partial charge < -0.3 is 4.90 Å². The highest BCUT2D eigenvalue weighted by atomic mass is 35.5. The predicted octanol–water partition coefficient (Wildman–Crippen LogP) is 3.81. The monoisotopic (exact) mass is 451 g/mol. The number of piperazine rings is 1. The van der Waals surface area contributed by atoms with Crippen LogP contribution in [0.15, 0.2) is 48.5 Å². The first-order chi connectivity index (χ1) is 14.7. The fourth-order valence-corrected chi connectivity index (χ4v) is 4.19. The van der Waals surface area contributed by atoms with Crippen LogP contribution in [0, 0.1) is 0 Å². The summed E-state index contributed by atoms with van der Waals surface area (Å²) in [4.78, 5) is 30.4. The zero-order valence-electron chi connectivity index (χ0n) is 16.6. The summed E-state index contributed by atoms with van der Waals surface area (Å²) in [5.41, 5.74) is 0.649. The maximum atomic E-state index is 13.0. The van der Waals surface area contributed by atoms with Crippen LogP contribution in [0.2, 0.25) is 5.02 Å². The van der Waals surface area contributed by atoms with Crippen molar-refractivity contribution in [2.75, 3.05) is 31.1 Å². The third kappa shape index (κ3) is 4.70.